The maximum atomic E-state index is 17.6. The first-order valence-corrected chi connectivity index (χ1v) is 12.2. The lowest BCUT2D eigenvalue weighted by molar-refractivity contribution is -0.315. The lowest BCUT2D eigenvalue weighted by atomic mass is 9.43. The monoisotopic (exact) mass is 494 g/mol. The smallest absolute Gasteiger partial charge is 0.303 e. The Morgan fingerprint density at radius 3 is 2.54 bits per heavy atom. The Morgan fingerprint density at radius 2 is 1.89 bits per heavy atom. The molecule has 0 aromatic heterocycles. The van der Waals surface area contributed by atoms with Crippen LogP contribution in [-0.2, 0) is 28.6 Å². The molecule has 0 radical (unpaired) electrons. The number of esters is 1. The van der Waals surface area contributed by atoms with Crippen molar-refractivity contribution >= 4 is 17.5 Å². The van der Waals surface area contributed by atoms with Crippen molar-refractivity contribution in [3.8, 4) is 0 Å². The van der Waals surface area contributed by atoms with Crippen LogP contribution in [0, 0.1) is 22.7 Å². The van der Waals surface area contributed by atoms with Gasteiger partial charge in [-0.3, -0.25) is 14.4 Å². The normalized spacial score (nSPS) is 47.4. The van der Waals surface area contributed by atoms with E-state index in [2.05, 4.69) is 0 Å². The van der Waals surface area contributed by atoms with E-state index in [9.17, 15) is 19.5 Å². The fourth-order valence-corrected chi connectivity index (χ4v) is 8.08. The van der Waals surface area contributed by atoms with Crippen molar-refractivity contribution in [2.75, 3.05) is 6.61 Å². The van der Waals surface area contributed by atoms with Gasteiger partial charge in [0.05, 0.1) is 11.5 Å². The van der Waals surface area contributed by atoms with Crippen molar-refractivity contribution in [2.45, 2.75) is 89.6 Å². The van der Waals surface area contributed by atoms with E-state index in [-0.39, 0.29) is 30.6 Å². The third kappa shape index (κ3) is 2.91. The zero-order chi connectivity index (χ0) is 25.8. The van der Waals surface area contributed by atoms with Gasteiger partial charge >= 0.3 is 5.97 Å². The Hall–Kier alpha value is -2.13. The van der Waals surface area contributed by atoms with Crippen molar-refractivity contribution in [1.29, 1.82) is 0 Å². The number of fused-ring (bicyclic) bond motifs is 3. The Balaban J connectivity index is 1.76. The van der Waals surface area contributed by atoms with Gasteiger partial charge in [0.2, 0.25) is 11.6 Å². The second-order valence-corrected chi connectivity index (χ2v) is 11.6. The number of Topliss-reactive ketones (excluding diaryl/α,β-unsaturated/α-hetero) is 1. The van der Waals surface area contributed by atoms with Gasteiger partial charge in [-0.1, -0.05) is 6.92 Å². The number of aliphatic hydroxyl groups excluding tert-OH is 1. The van der Waals surface area contributed by atoms with Crippen molar-refractivity contribution in [2.24, 2.45) is 22.7 Å². The lowest BCUT2D eigenvalue weighted by Gasteiger charge is -2.65. The van der Waals surface area contributed by atoms with Gasteiger partial charge in [-0.25, -0.2) is 8.78 Å². The third-order valence-electron chi connectivity index (χ3n) is 9.51. The number of carbonyl (C=O) groups excluding carboxylic acids is 3. The Labute approximate surface area is 202 Å². The molecule has 2 heterocycles. The molecule has 0 spiro atoms. The molecule has 5 fully saturated rings. The molecule has 3 saturated carbocycles. The van der Waals surface area contributed by atoms with Gasteiger partial charge in [0.25, 0.3) is 0 Å². The highest BCUT2D eigenvalue weighted by molar-refractivity contribution is 6.02. The number of allylic oxidation sites excluding steroid dienone is 3. The number of aliphatic hydroxyl groups is 1. The summed E-state index contributed by atoms with van der Waals surface area (Å²) in [7, 11) is 0. The minimum atomic E-state index is -2.33. The Morgan fingerprint density at radius 1 is 1.20 bits per heavy atom. The number of ketones is 2. The molecule has 9 heteroatoms. The summed E-state index contributed by atoms with van der Waals surface area (Å²) < 4.78 is 51.0. The fraction of sp³-hybridized carbons (Fsp3) is 0.731. The number of halogens is 2. The molecule has 4 aliphatic carbocycles. The molecule has 6 bridgehead atoms. The zero-order valence-electron chi connectivity index (χ0n) is 20.7. The van der Waals surface area contributed by atoms with Crippen molar-refractivity contribution in [3.05, 3.63) is 23.5 Å². The van der Waals surface area contributed by atoms with Crippen molar-refractivity contribution < 1.29 is 42.5 Å². The summed E-state index contributed by atoms with van der Waals surface area (Å²) in [4.78, 5) is 37.7. The molecule has 35 heavy (non-hydrogen) atoms. The average molecular weight is 495 g/mol. The summed E-state index contributed by atoms with van der Waals surface area (Å²) >= 11 is 0. The van der Waals surface area contributed by atoms with Crippen LogP contribution in [-0.4, -0.2) is 58.6 Å². The highest BCUT2D eigenvalue weighted by atomic mass is 19.1. The van der Waals surface area contributed by atoms with Crippen LogP contribution in [0.5, 0.6) is 0 Å². The first-order valence-electron chi connectivity index (χ1n) is 12.2. The molecule has 8 atom stereocenters. The van der Waals surface area contributed by atoms with Gasteiger partial charge in [0, 0.05) is 38.2 Å². The molecule has 0 aromatic rings. The summed E-state index contributed by atoms with van der Waals surface area (Å²) in [6.07, 6.45) is -0.760. The van der Waals surface area contributed by atoms with Gasteiger partial charge in [0.1, 0.15) is 17.5 Å². The summed E-state index contributed by atoms with van der Waals surface area (Å²) in [5.74, 6) is -4.79. The van der Waals surface area contributed by atoms with Crippen LogP contribution in [0.2, 0.25) is 0 Å². The van der Waals surface area contributed by atoms with Crippen LogP contribution in [0.3, 0.4) is 0 Å². The first kappa shape index (κ1) is 24.6. The molecule has 2 saturated heterocycles. The van der Waals surface area contributed by atoms with E-state index in [1.54, 1.807) is 20.8 Å². The summed E-state index contributed by atoms with van der Waals surface area (Å²) in [6.45, 7) is 7.02. The van der Waals surface area contributed by atoms with Gasteiger partial charge in [-0.2, -0.15) is 0 Å². The molecule has 192 valence electrons. The Bertz CT molecular complexity index is 1080. The van der Waals surface area contributed by atoms with Crippen molar-refractivity contribution in [1.82, 2.24) is 0 Å². The largest absolute Gasteiger partial charge is 0.466 e. The maximum Gasteiger partial charge on any atom is 0.303 e. The fourth-order valence-electron chi connectivity index (χ4n) is 8.08. The molecule has 2 aliphatic heterocycles. The molecule has 0 amide bonds. The quantitative estimate of drug-likeness (QED) is 0.601. The molecule has 6 rings (SSSR count). The molecule has 1 unspecified atom stereocenters. The van der Waals surface area contributed by atoms with E-state index in [0.29, 0.717) is 6.42 Å². The standard InChI is InChI=1S/C26H32F2O7/c1-13(29)33-12-20(32)25-7-6-15-16-10-18(27)17-8-14(30)9-21(34-22(2,3)35-25)24(17,5)26(16,28)19(31)11-23(15,25)4/h8-9,15-16,18-19,31H,6-7,10-12H2,1-5H3/t15-,16-,18-,19+,23+,24+,25-,26?/m0/s1. The average Bonchev–Trinajstić information content (AvgIpc) is 3.01. The van der Waals surface area contributed by atoms with E-state index in [1.165, 1.54) is 13.8 Å². The molecule has 1 N–H and O–H groups in total. The maximum absolute atomic E-state index is 17.6. The number of hydrogen-bond acceptors (Lipinski definition) is 7. The third-order valence-corrected chi connectivity index (χ3v) is 9.51. The molecular formula is C26H32F2O7. The van der Waals surface area contributed by atoms with Crippen LogP contribution >= 0.6 is 0 Å². The van der Waals surface area contributed by atoms with Gasteiger partial charge in [0.15, 0.2) is 18.1 Å². The van der Waals surface area contributed by atoms with Crippen molar-refractivity contribution in [3.63, 3.8) is 0 Å². The summed E-state index contributed by atoms with van der Waals surface area (Å²) in [6, 6.07) is 0. The number of ether oxygens (including phenoxy) is 3. The van der Waals surface area contributed by atoms with Crippen LogP contribution in [0.4, 0.5) is 8.78 Å². The van der Waals surface area contributed by atoms with E-state index < -0.39 is 76.1 Å². The van der Waals surface area contributed by atoms with Gasteiger partial charge < -0.3 is 19.3 Å². The lowest BCUT2D eigenvalue weighted by Crippen LogP contribution is -2.73. The summed E-state index contributed by atoms with van der Waals surface area (Å²) in [5.41, 5.74) is -6.75. The van der Waals surface area contributed by atoms with Crippen LogP contribution in [0.25, 0.3) is 0 Å². The van der Waals surface area contributed by atoms with Gasteiger partial charge in [-0.15, -0.1) is 0 Å². The minimum absolute atomic E-state index is 0.0343. The SMILES string of the molecule is CC(=O)OCC(=O)[C@]12CC[C@H]3[C@@H]4C[C@H](F)C5=CC(=O)C=C(OC(C)(C)O1)[C@]5(C)C4(F)[C@H](O)C[C@]32C. The van der Waals surface area contributed by atoms with Crippen LogP contribution in [0.15, 0.2) is 23.5 Å². The highest BCUT2D eigenvalue weighted by Gasteiger charge is 2.78. The second kappa shape index (κ2) is 7.22. The number of alkyl halides is 2. The first-order chi connectivity index (χ1) is 16.1. The molecule has 6 aliphatic rings. The molecule has 0 aromatic carbocycles. The summed E-state index contributed by atoms with van der Waals surface area (Å²) in [5, 5.41) is 11.5. The zero-order valence-corrected chi connectivity index (χ0v) is 20.7. The Kier molecular flexibility index (Phi) is 5.06. The van der Waals surface area contributed by atoms with Crippen LogP contribution < -0.4 is 0 Å². The number of carbonyl (C=O) groups is 3. The highest BCUT2D eigenvalue weighted by Crippen LogP contribution is 2.72. The molecule has 7 nitrogen and oxygen atoms in total. The van der Waals surface area contributed by atoms with E-state index in [1.807, 2.05) is 0 Å². The second-order valence-electron chi connectivity index (χ2n) is 11.6. The van der Waals surface area contributed by atoms with E-state index >= 15 is 8.78 Å². The number of rotatable bonds is 3. The predicted octanol–water partition coefficient (Wildman–Crippen LogP) is 3.29. The predicted molar refractivity (Wildman–Crippen MR) is 118 cm³/mol. The topological polar surface area (TPSA) is 99.1 Å². The van der Waals surface area contributed by atoms with E-state index in [0.717, 1.165) is 12.2 Å². The molecular weight excluding hydrogens is 462 g/mol. The van der Waals surface area contributed by atoms with E-state index in [4.69, 9.17) is 14.2 Å². The van der Waals surface area contributed by atoms with Crippen LogP contribution in [0.1, 0.15) is 60.3 Å². The van der Waals surface area contributed by atoms with Gasteiger partial charge in [-0.05, 0) is 50.2 Å². The minimum Gasteiger partial charge on any atom is -0.466 e. The number of hydrogen-bond donors (Lipinski definition) is 1.